The van der Waals surface area contributed by atoms with Crippen LogP contribution in [0, 0.1) is 5.92 Å². The minimum atomic E-state index is 0.135. The van der Waals surface area contributed by atoms with E-state index in [2.05, 4.69) is 6.58 Å². The standard InChI is InChI=1S/C9H14O/c1-8(2)5-4-6-9(3)7-10/h4-5,7,9H,1,6H2,2-3H3/b5-4+/t9-/m0/s1. The van der Waals surface area contributed by atoms with Gasteiger partial charge >= 0.3 is 0 Å². The van der Waals surface area contributed by atoms with Crippen molar-refractivity contribution in [1.29, 1.82) is 0 Å². The van der Waals surface area contributed by atoms with E-state index in [9.17, 15) is 4.79 Å². The third kappa shape index (κ3) is 5.29. The Bertz CT molecular complexity index is 145. The molecule has 0 spiro atoms. The normalized spacial score (nSPS) is 13.4. The van der Waals surface area contributed by atoms with Crippen molar-refractivity contribution in [2.75, 3.05) is 0 Å². The van der Waals surface area contributed by atoms with Crippen LogP contribution in [0.25, 0.3) is 0 Å². The average Bonchev–Trinajstić information content (AvgIpc) is 1.87. The van der Waals surface area contributed by atoms with Gasteiger partial charge in [-0.3, -0.25) is 0 Å². The van der Waals surface area contributed by atoms with E-state index in [1.54, 1.807) is 0 Å². The van der Waals surface area contributed by atoms with Crippen LogP contribution in [0.3, 0.4) is 0 Å². The van der Waals surface area contributed by atoms with Gasteiger partial charge in [0, 0.05) is 5.92 Å². The zero-order valence-corrected chi connectivity index (χ0v) is 6.63. The highest BCUT2D eigenvalue weighted by molar-refractivity contribution is 5.53. The molecule has 10 heavy (non-hydrogen) atoms. The van der Waals surface area contributed by atoms with Crippen LogP contribution in [0.15, 0.2) is 24.3 Å². The zero-order valence-electron chi connectivity index (χ0n) is 6.63. The van der Waals surface area contributed by atoms with Crippen LogP contribution in [0.2, 0.25) is 0 Å². The van der Waals surface area contributed by atoms with Crippen molar-refractivity contribution in [3.8, 4) is 0 Å². The first-order chi connectivity index (χ1) is 4.66. The largest absolute Gasteiger partial charge is 0.303 e. The van der Waals surface area contributed by atoms with Crippen LogP contribution in [-0.4, -0.2) is 6.29 Å². The Balaban J connectivity index is 3.52. The van der Waals surface area contributed by atoms with Gasteiger partial charge in [-0.15, -0.1) is 0 Å². The molecule has 0 saturated heterocycles. The van der Waals surface area contributed by atoms with E-state index in [1.165, 1.54) is 0 Å². The molecule has 0 aromatic carbocycles. The first kappa shape index (κ1) is 9.15. The first-order valence-electron chi connectivity index (χ1n) is 3.44. The fraction of sp³-hybridized carbons (Fsp3) is 0.444. The predicted octanol–water partition coefficient (Wildman–Crippen LogP) is 2.34. The van der Waals surface area contributed by atoms with Crippen LogP contribution in [0.4, 0.5) is 0 Å². The summed E-state index contributed by atoms with van der Waals surface area (Å²) in [5.41, 5.74) is 1.03. The number of hydrogen-bond donors (Lipinski definition) is 0. The number of rotatable bonds is 4. The maximum absolute atomic E-state index is 10.1. The second-order valence-corrected chi connectivity index (χ2v) is 2.60. The van der Waals surface area contributed by atoms with E-state index in [-0.39, 0.29) is 5.92 Å². The van der Waals surface area contributed by atoms with Crippen LogP contribution < -0.4 is 0 Å². The molecule has 0 N–H and O–H groups in total. The maximum Gasteiger partial charge on any atom is 0.123 e. The van der Waals surface area contributed by atoms with Gasteiger partial charge in [0.25, 0.3) is 0 Å². The lowest BCUT2D eigenvalue weighted by Gasteiger charge is -1.94. The summed E-state index contributed by atoms with van der Waals surface area (Å²) in [4.78, 5) is 10.1. The molecule has 1 heteroatoms. The Labute approximate surface area is 62.4 Å². The summed E-state index contributed by atoms with van der Waals surface area (Å²) >= 11 is 0. The second-order valence-electron chi connectivity index (χ2n) is 2.60. The van der Waals surface area contributed by atoms with Gasteiger partial charge in [0.15, 0.2) is 0 Å². The van der Waals surface area contributed by atoms with Gasteiger partial charge in [-0.2, -0.15) is 0 Å². The number of hydrogen-bond acceptors (Lipinski definition) is 1. The molecule has 1 nitrogen and oxygen atoms in total. The van der Waals surface area contributed by atoms with Crippen molar-refractivity contribution in [2.24, 2.45) is 5.92 Å². The van der Waals surface area contributed by atoms with Crippen molar-refractivity contribution in [3.05, 3.63) is 24.3 Å². The molecular weight excluding hydrogens is 124 g/mol. The Morgan fingerprint density at radius 3 is 2.70 bits per heavy atom. The molecule has 0 heterocycles. The van der Waals surface area contributed by atoms with Crippen LogP contribution in [0.1, 0.15) is 20.3 Å². The fourth-order valence-electron chi connectivity index (χ4n) is 0.539. The SMILES string of the molecule is C=C(C)/C=C/C[C@H](C)C=O. The van der Waals surface area contributed by atoms with E-state index >= 15 is 0 Å². The van der Waals surface area contributed by atoms with Crippen molar-refractivity contribution in [1.82, 2.24) is 0 Å². The lowest BCUT2D eigenvalue weighted by Crippen LogP contribution is -1.91. The van der Waals surface area contributed by atoms with E-state index in [1.807, 2.05) is 26.0 Å². The average molecular weight is 138 g/mol. The predicted molar refractivity (Wildman–Crippen MR) is 43.8 cm³/mol. The number of allylic oxidation sites excluding steroid dienone is 3. The summed E-state index contributed by atoms with van der Waals surface area (Å²) in [7, 11) is 0. The Kier molecular flexibility index (Phi) is 4.55. The first-order valence-corrected chi connectivity index (χ1v) is 3.44. The van der Waals surface area contributed by atoms with Gasteiger partial charge < -0.3 is 4.79 Å². The van der Waals surface area contributed by atoms with Gasteiger partial charge in [0.1, 0.15) is 6.29 Å². The van der Waals surface area contributed by atoms with E-state index in [0.717, 1.165) is 18.3 Å². The lowest BCUT2D eigenvalue weighted by molar-refractivity contribution is -0.110. The highest BCUT2D eigenvalue weighted by atomic mass is 16.1. The van der Waals surface area contributed by atoms with Crippen molar-refractivity contribution in [3.63, 3.8) is 0 Å². The van der Waals surface area contributed by atoms with E-state index in [0.29, 0.717) is 0 Å². The summed E-state index contributed by atoms with van der Waals surface area (Å²) < 4.78 is 0. The van der Waals surface area contributed by atoms with Gasteiger partial charge in [-0.05, 0) is 13.3 Å². The molecule has 0 unspecified atom stereocenters. The quantitative estimate of drug-likeness (QED) is 0.430. The van der Waals surface area contributed by atoms with Crippen LogP contribution in [-0.2, 0) is 4.79 Å². The topological polar surface area (TPSA) is 17.1 Å². The van der Waals surface area contributed by atoms with Crippen molar-refractivity contribution >= 4 is 6.29 Å². The number of carbonyl (C=O) groups excluding carboxylic acids is 1. The van der Waals surface area contributed by atoms with Crippen LogP contribution >= 0.6 is 0 Å². The summed E-state index contributed by atoms with van der Waals surface area (Å²) in [5.74, 6) is 0.135. The maximum atomic E-state index is 10.1. The zero-order chi connectivity index (χ0) is 7.98. The molecule has 0 fully saturated rings. The molecule has 1 atom stereocenters. The summed E-state index contributed by atoms with van der Waals surface area (Å²) in [6.07, 6.45) is 5.68. The molecule has 0 saturated carbocycles. The molecule has 56 valence electrons. The van der Waals surface area contributed by atoms with Gasteiger partial charge in [-0.1, -0.05) is 31.2 Å². The number of aldehydes is 1. The molecule has 0 rings (SSSR count). The molecule has 0 aromatic heterocycles. The van der Waals surface area contributed by atoms with E-state index in [4.69, 9.17) is 0 Å². The molecule has 0 bridgehead atoms. The molecule has 0 amide bonds. The number of carbonyl (C=O) groups is 1. The summed E-state index contributed by atoms with van der Waals surface area (Å²) in [6, 6.07) is 0. The Morgan fingerprint density at radius 2 is 2.30 bits per heavy atom. The summed E-state index contributed by atoms with van der Waals surface area (Å²) in [6.45, 7) is 7.53. The summed E-state index contributed by atoms with van der Waals surface area (Å²) in [5, 5.41) is 0. The minimum absolute atomic E-state index is 0.135. The molecule has 0 aromatic rings. The second kappa shape index (κ2) is 4.98. The Hall–Kier alpha value is -0.850. The molecule has 0 aliphatic rings. The van der Waals surface area contributed by atoms with Crippen LogP contribution in [0.5, 0.6) is 0 Å². The minimum Gasteiger partial charge on any atom is -0.303 e. The van der Waals surface area contributed by atoms with Crippen molar-refractivity contribution in [2.45, 2.75) is 20.3 Å². The molecule has 0 aliphatic heterocycles. The Morgan fingerprint density at radius 1 is 1.70 bits per heavy atom. The molecular formula is C9H14O. The highest BCUT2D eigenvalue weighted by Gasteiger charge is 1.92. The highest BCUT2D eigenvalue weighted by Crippen LogP contribution is 2.00. The third-order valence-electron chi connectivity index (χ3n) is 1.14. The van der Waals surface area contributed by atoms with Gasteiger partial charge in [-0.25, -0.2) is 0 Å². The van der Waals surface area contributed by atoms with E-state index < -0.39 is 0 Å². The molecule has 0 radical (unpaired) electrons. The smallest absolute Gasteiger partial charge is 0.123 e. The fourth-order valence-corrected chi connectivity index (χ4v) is 0.539. The molecule has 0 aliphatic carbocycles. The van der Waals surface area contributed by atoms with Gasteiger partial charge in [0.2, 0.25) is 0 Å². The van der Waals surface area contributed by atoms with Crippen molar-refractivity contribution < 1.29 is 4.79 Å². The monoisotopic (exact) mass is 138 g/mol. The van der Waals surface area contributed by atoms with Gasteiger partial charge in [0.05, 0.1) is 0 Å². The lowest BCUT2D eigenvalue weighted by atomic mass is 10.1. The third-order valence-corrected chi connectivity index (χ3v) is 1.14.